The molecule has 1 N–H and O–H groups in total. The molecular weight excluding hydrogens is 361 g/mol. The average Bonchev–Trinajstić information content (AvgIpc) is 2.70. The van der Waals surface area contributed by atoms with E-state index >= 15 is 0 Å². The summed E-state index contributed by atoms with van der Waals surface area (Å²) < 4.78 is 1.24. The molecule has 2 rings (SSSR count). The van der Waals surface area contributed by atoms with E-state index in [0.29, 0.717) is 0 Å². The molecule has 0 radical (unpaired) electrons. The summed E-state index contributed by atoms with van der Waals surface area (Å²) in [5.41, 5.74) is 1.08. The molecular formula is C17H26INO. The highest BCUT2D eigenvalue weighted by atomic mass is 127. The molecule has 1 fully saturated rings. The lowest BCUT2D eigenvalue weighted by Crippen LogP contribution is -2.53. The molecule has 0 saturated carbocycles. The summed E-state index contributed by atoms with van der Waals surface area (Å²) in [4.78, 5) is 2.48. The van der Waals surface area contributed by atoms with E-state index in [-0.39, 0.29) is 11.6 Å². The van der Waals surface area contributed by atoms with Crippen molar-refractivity contribution in [2.45, 2.75) is 57.6 Å². The van der Waals surface area contributed by atoms with Gasteiger partial charge in [0.25, 0.3) is 0 Å². The van der Waals surface area contributed by atoms with Crippen LogP contribution in [0.4, 0.5) is 0 Å². The largest absolute Gasteiger partial charge is 0.391 e. The molecule has 0 aliphatic carbocycles. The molecule has 1 saturated heterocycles. The molecule has 1 heterocycles. The maximum absolute atomic E-state index is 10.7. The fourth-order valence-corrected chi connectivity index (χ4v) is 3.31. The minimum absolute atomic E-state index is 0.145. The lowest BCUT2D eigenvalue weighted by Gasteiger charge is -2.41. The van der Waals surface area contributed by atoms with E-state index in [0.717, 1.165) is 19.5 Å². The van der Waals surface area contributed by atoms with Crippen LogP contribution >= 0.6 is 22.6 Å². The number of nitrogens with zero attached hydrogens (tertiary/aromatic N) is 1. The Bertz CT molecular complexity index is 408. The molecule has 0 bridgehead atoms. The Morgan fingerprint density at radius 2 is 1.65 bits per heavy atom. The minimum Gasteiger partial charge on any atom is -0.391 e. The zero-order valence-corrected chi connectivity index (χ0v) is 14.8. The molecule has 1 aliphatic rings. The number of aliphatic hydroxyl groups excluding tert-OH is 1. The molecule has 1 aromatic rings. The van der Waals surface area contributed by atoms with Crippen LogP contribution in [-0.4, -0.2) is 34.7 Å². The first kappa shape index (κ1) is 16.2. The zero-order chi connectivity index (χ0) is 14.6. The molecule has 112 valence electrons. The number of aliphatic hydroxyl groups is 1. The molecule has 1 aromatic carbocycles. The van der Waals surface area contributed by atoms with Gasteiger partial charge in [-0.2, -0.15) is 0 Å². The van der Waals surface area contributed by atoms with E-state index in [1.165, 1.54) is 34.8 Å². The summed E-state index contributed by atoms with van der Waals surface area (Å²) >= 11 is 2.32. The van der Waals surface area contributed by atoms with Gasteiger partial charge in [0.1, 0.15) is 0 Å². The quantitative estimate of drug-likeness (QED) is 0.794. The van der Waals surface area contributed by atoms with Crippen LogP contribution in [0.15, 0.2) is 24.3 Å². The fourth-order valence-electron chi connectivity index (χ4n) is 2.95. The topological polar surface area (TPSA) is 23.5 Å². The van der Waals surface area contributed by atoms with Gasteiger partial charge in [0, 0.05) is 15.5 Å². The van der Waals surface area contributed by atoms with E-state index in [1.54, 1.807) is 0 Å². The third kappa shape index (κ3) is 4.18. The van der Waals surface area contributed by atoms with Crippen LogP contribution in [0.5, 0.6) is 0 Å². The number of likely N-dealkylation sites (tertiary alicyclic amines) is 1. The second-order valence-electron chi connectivity index (χ2n) is 6.40. The molecule has 20 heavy (non-hydrogen) atoms. The molecule has 1 atom stereocenters. The van der Waals surface area contributed by atoms with Gasteiger partial charge in [-0.1, -0.05) is 25.0 Å². The van der Waals surface area contributed by atoms with Crippen molar-refractivity contribution < 1.29 is 5.11 Å². The van der Waals surface area contributed by atoms with Crippen LogP contribution in [0.1, 0.15) is 45.1 Å². The Morgan fingerprint density at radius 1 is 1.10 bits per heavy atom. The number of benzene rings is 1. The highest BCUT2D eigenvalue weighted by Crippen LogP contribution is 2.25. The van der Waals surface area contributed by atoms with Crippen molar-refractivity contribution in [3.8, 4) is 0 Å². The molecule has 3 heteroatoms. The summed E-state index contributed by atoms with van der Waals surface area (Å²) in [6.45, 7) is 6.62. The predicted octanol–water partition coefficient (Wildman–Crippen LogP) is 3.85. The first-order valence-electron chi connectivity index (χ1n) is 7.68. The van der Waals surface area contributed by atoms with Crippen LogP contribution in [0.25, 0.3) is 0 Å². The fraction of sp³-hybridized carbons (Fsp3) is 0.647. The third-order valence-corrected chi connectivity index (χ3v) is 5.30. The highest BCUT2D eigenvalue weighted by molar-refractivity contribution is 14.1. The van der Waals surface area contributed by atoms with Crippen molar-refractivity contribution in [1.29, 1.82) is 0 Å². The van der Waals surface area contributed by atoms with Crippen LogP contribution in [0.3, 0.4) is 0 Å². The van der Waals surface area contributed by atoms with Gasteiger partial charge in [-0.3, -0.25) is 4.90 Å². The summed E-state index contributed by atoms with van der Waals surface area (Å²) in [5, 5.41) is 10.7. The standard InChI is InChI=1S/C17H26INO/c1-17(2,19-11-5-3-4-6-12-19)16(20)13-14-7-9-15(18)10-8-14/h7-10,16,20H,3-6,11-13H2,1-2H3. The molecule has 0 amide bonds. The van der Waals surface area contributed by atoms with Gasteiger partial charge >= 0.3 is 0 Å². The number of halogens is 1. The second-order valence-corrected chi connectivity index (χ2v) is 7.65. The maximum Gasteiger partial charge on any atom is 0.0758 e. The molecule has 0 aromatic heterocycles. The Morgan fingerprint density at radius 3 is 2.20 bits per heavy atom. The van der Waals surface area contributed by atoms with E-state index < -0.39 is 0 Å². The van der Waals surface area contributed by atoms with Gasteiger partial charge in [0.15, 0.2) is 0 Å². The van der Waals surface area contributed by atoms with E-state index in [4.69, 9.17) is 0 Å². The normalized spacial score (nSPS) is 19.6. The predicted molar refractivity (Wildman–Crippen MR) is 93.0 cm³/mol. The number of hydrogen-bond donors (Lipinski definition) is 1. The Kier molecular flexibility index (Phi) is 5.87. The summed E-state index contributed by atoms with van der Waals surface area (Å²) in [7, 11) is 0. The minimum atomic E-state index is -0.319. The zero-order valence-electron chi connectivity index (χ0n) is 12.6. The lowest BCUT2D eigenvalue weighted by molar-refractivity contribution is -0.00786. The Labute approximate surface area is 136 Å². The summed E-state index contributed by atoms with van der Waals surface area (Å²) in [6, 6.07) is 8.48. The third-order valence-electron chi connectivity index (χ3n) is 4.58. The summed E-state index contributed by atoms with van der Waals surface area (Å²) in [5.74, 6) is 0. The summed E-state index contributed by atoms with van der Waals surface area (Å²) in [6.07, 6.45) is 5.61. The smallest absolute Gasteiger partial charge is 0.0758 e. The number of hydrogen-bond acceptors (Lipinski definition) is 2. The Balaban J connectivity index is 2.01. The first-order valence-corrected chi connectivity index (χ1v) is 8.75. The monoisotopic (exact) mass is 387 g/mol. The van der Waals surface area contributed by atoms with Crippen molar-refractivity contribution in [2.24, 2.45) is 0 Å². The molecule has 2 nitrogen and oxygen atoms in total. The van der Waals surface area contributed by atoms with E-state index in [1.807, 2.05) is 0 Å². The maximum atomic E-state index is 10.7. The van der Waals surface area contributed by atoms with Gasteiger partial charge in [0.05, 0.1) is 6.10 Å². The van der Waals surface area contributed by atoms with Crippen LogP contribution < -0.4 is 0 Å². The van der Waals surface area contributed by atoms with Crippen LogP contribution in [-0.2, 0) is 6.42 Å². The van der Waals surface area contributed by atoms with Gasteiger partial charge in [0.2, 0.25) is 0 Å². The van der Waals surface area contributed by atoms with E-state index in [2.05, 4.69) is 65.6 Å². The number of rotatable bonds is 4. The van der Waals surface area contributed by atoms with Crippen LogP contribution in [0.2, 0.25) is 0 Å². The second kappa shape index (κ2) is 7.23. The first-order chi connectivity index (χ1) is 9.50. The Hall–Kier alpha value is -0.130. The SMILES string of the molecule is CC(C)(C(O)Cc1ccc(I)cc1)N1CCCCCC1. The average molecular weight is 387 g/mol. The highest BCUT2D eigenvalue weighted by Gasteiger charge is 2.34. The van der Waals surface area contributed by atoms with Crippen molar-refractivity contribution in [3.05, 3.63) is 33.4 Å². The molecule has 1 aliphatic heterocycles. The van der Waals surface area contributed by atoms with Gasteiger partial charge in [-0.05, 0) is 80.1 Å². The molecule has 1 unspecified atom stereocenters. The van der Waals surface area contributed by atoms with Crippen molar-refractivity contribution in [1.82, 2.24) is 4.90 Å². The molecule has 0 spiro atoms. The van der Waals surface area contributed by atoms with Gasteiger partial charge in [-0.15, -0.1) is 0 Å². The van der Waals surface area contributed by atoms with Crippen LogP contribution in [0, 0.1) is 3.57 Å². The van der Waals surface area contributed by atoms with E-state index in [9.17, 15) is 5.11 Å². The lowest BCUT2D eigenvalue weighted by atomic mass is 9.89. The van der Waals surface area contributed by atoms with Crippen molar-refractivity contribution in [3.63, 3.8) is 0 Å². The van der Waals surface area contributed by atoms with Gasteiger partial charge in [-0.25, -0.2) is 0 Å². The van der Waals surface area contributed by atoms with Crippen molar-refractivity contribution in [2.75, 3.05) is 13.1 Å². The van der Waals surface area contributed by atoms with Crippen molar-refractivity contribution >= 4 is 22.6 Å². The van der Waals surface area contributed by atoms with Gasteiger partial charge < -0.3 is 5.11 Å².